The maximum Gasteiger partial charge on any atom is 0.156 e. The van der Waals surface area contributed by atoms with Crippen LogP contribution in [-0.2, 0) is 0 Å². The molecule has 2 aliphatic rings. The lowest BCUT2D eigenvalue weighted by molar-refractivity contribution is 0.139. The van der Waals surface area contributed by atoms with Crippen molar-refractivity contribution >= 4 is 16.6 Å². The molecule has 0 radical (unpaired) electrons. The van der Waals surface area contributed by atoms with Crippen LogP contribution in [0.1, 0.15) is 25.7 Å². The van der Waals surface area contributed by atoms with Crippen molar-refractivity contribution in [2.24, 2.45) is 5.92 Å². The first-order valence-corrected chi connectivity index (χ1v) is 7.97. The van der Waals surface area contributed by atoms with Crippen molar-refractivity contribution in [2.75, 3.05) is 18.9 Å². The number of piperidine rings is 1. The van der Waals surface area contributed by atoms with Crippen molar-refractivity contribution in [1.29, 1.82) is 0 Å². The second-order valence-corrected chi connectivity index (χ2v) is 6.55. The highest BCUT2D eigenvalue weighted by atomic mass is 15.2. The van der Waals surface area contributed by atoms with E-state index in [4.69, 9.17) is 0 Å². The summed E-state index contributed by atoms with van der Waals surface area (Å²) in [6, 6.07) is 9.91. The zero-order valence-corrected chi connectivity index (χ0v) is 12.5. The van der Waals surface area contributed by atoms with E-state index in [0.717, 1.165) is 35.8 Å². The molecule has 3 heterocycles. The number of nitrogens with zero attached hydrogens (tertiary/aromatic N) is 3. The molecular weight excluding hydrogens is 260 g/mol. The molecule has 0 aliphatic carbocycles. The van der Waals surface area contributed by atoms with Crippen LogP contribution in [-0.4, -0.2) is 40.8 Å². The fourth-order valence-electron chi connectivity index (χ4n) is 4.09. The van der Waals surface area contributed by atoms with Gasteiger partial charge in [-0.05, 0) is 38.6 Å². The maximum absolute atomic E-state index is 4.29. The molecule has 2 atom stereocenters. The van der Waals surface area contributed by atoms with E-state index < -0.39 is 0 Å². The highest BCUT2D eigenvalue weighted by Gasteiger charge is 2.38. The Morgan fingerprint density at radius 3 is 2.76 bits per heavy atom. The second kappa shape index (κ2) is 5.26. The molecule has 4 rings (SSSR count). The summed E-state index contributed by atoms with van der Waals surface area (Å²) in [6.07, 6.45) is 7.23. The van der Waals surface area contributed by atoms with Crippen LogP contribution >= 0.6 is 0 Å². The normalized spacial score (nSPS) is 28.9. The average molecular weight is 282 g/mol. The number of nitrogens with one attached hydrogen (secondary N) is 1. The third-order valence-corrected chi connectivity index (χ3v) is 5.32. The van der Waals surface area contributed by atoms with E-state index in [-0.39, 0.29) is 0 Å². The van der Waals surface area contributed by atoms with Crippen LogP contribution in [0.5, 0.6) is 0 Å². The lowest BCUT2D eigenvalue weighted by atomic mass is 9.91. The molecule has 2 aromatic rings. The molecule has 110 valence electrons. The first-order valence-electron chi connectivity index (χ1n) is 7.97. The number of benzene rings is 1. The number of aromatic nitrogens is 2. The Balaban J connectivity index is 1.47. The lowest BCUT2D eigenvalue weighted by Gasteiger charge is -2.36. The Bertz CT molecular complexity index is 622. The van der Waals surface area contributed by atoms with Gasteiger partial charge < -0.3 is 10.2 Å². The van der Waals surface area contributed by atoms with Gasteiger partial charge >= 0.3 is 0 Å². The van der Waals surface area contributed by atoms with Gasteiger partial charge in [0.05, 0.1) is 6.20 Å². The molecule has 1 aromatic heterocycles. The fraction of sp³-hybridized carbons (Fsp3) is 0.529. The molecule has 0 amide bonds. The van der Waals surface area contributed by atoms with Crippen LogP contribution in [0.3, 0.4) is 0 Å². The van der Waals surface area contributed by atoms with E-state index in [0.29, 0.717) is 0 Å². The van der Waals surface area contributed by atoms with Gasteiger partial charge in [0.2, 0.25) is 0 Å². The fourth-order valence-corrected chi connectivity index (χ4v) is 4.09. The Morgan fingerprint density at radius 2 is 1.95 bits per heavy atom. The van der Waals surface area contributed by atoms with Crippen LogP contribution < -0.4 is 5.32 Å². The molecule has 4 heteroatoms. The summed E-state index contributed by atoms with van der Waals surface area (Å²) >= 11 is 0. The van der Waals surface area contributed by atoms with Gasteiger partial charge in [0.25, 0.3) is 0 Å². The van der Waals surface area contributed by atoms with E-state index in [1.807, 2.05) is 12.3 Å². The second-order valence-electron chi connectivity index (χ2n) is 6.55. The van der Waals surface area contributed by atoms with E-state index in [2.05, 4.69) is 45.7 Å². The van der Waals surface area contributed by atoms with Gasteiger partial charge in [0, 0.05) is 29.4 Å². The van der Waals surface area contributed by atoms with E-state index in [1.54, 1.807) is 0 Å². The summed E-state index contributed by atoms with van der Waals surface area (Å²) in [4.78, 5) is 2.59. The lowest BCUT2D eigenvalue weighted by Crippen LogP contribution is -2.41. The molecule has 1 aromatic carbocycles. The number of hydrogen-bond acceptors (Lipinski definition) is 4. The van der Waals surface area contributed by atoms with Crippen molar-refractivity contribution in [3.8, 4) is 0 Å². The first kappa shape index (κ1) is 13.0. The Morgan fingerprint density at radius 1 is 1.19 bits per heavy atom. The summed E-state index contributed by atoms with van der Waals surface area (Å²) in [7, 11) is 2.29. The quantitative estimate of drug-likeness (QED) is 0.940. The SMILES string of the molecule is CN1C2CCC1CC(CNc1nncc3ccccc13)C2. The molecule has 1 N–H and O–H groups in total. The minimum atomic E-state index is 0.763. The average Bonchev–Trinajstić information content (AvgIpc) is 2.75. The van der Waals surface area contributed by atoms with Crippen LogP contribution in [0.25, 0.3) is 10.8 Å². The molecule has 0 spiro atoms. The van der Waals surface area contributed by atoms with Gasteiger partial charge in [0.1, 0.15) is 0 Å². The molecular formula is C17H22N4. The van der Waals surface area contributed by atoms with Crippen molar-refractivity contribution in [2.45, 2.75) is 37.8 Å². The number of rotatable bonds is 3. The van der Waals surface area contributed by atoms with Gasteiger partial charge in [-0.1, -0.05) is 24.3 Å². The first-order chi connectivity index (χ1) is 10.3. The van der Waals surface area contributed by atoms with Crippen LogP contribution in [0, 0.1) is 5.92 Å². The van der Waals surface area contributed by atoms with Crippen molar-refractivity contribution < 1.29 is 0 Å². The monoisotopic (exact) mass is 282 g/mol. The minimum Gasteiger partial charge on any atom is -0.368 e. The zero-order chi connectivity index (χ0) is 14.2. The van der Waals surface area contributed by atoms with Gasteiger partial charge in [-0.2, -0.15) is 5.10 Å². The molecule has 2 fully saturated rings. The Labute approximate surface area is 125 Å². The molecule has 4 nitrogen and oxygen atoms in total. The molecule has 21 heavy (non-hydrogen) atoms. The molecule has 2 unspecified atom stereocenters. The predicted octanol–water partition coefficient (Wildman–Crippen LogP) is 2.91. The molecule has 2 saturated heterocycles. The highest BCUT2D eigenvalue weighted by molar-refractivity contribution is 5.90. The van der Waals surface area contributed by atoms with Crippen LogP contribution in [0.2, 0.25) is 0 Å². The Hall–Kier alpha value is -1.68. The number of anilines is 1. The smallest absolute Gasteiger partial charge is 0.156 e. The summed E-state index contributed by atoms with van der Waals surface area (Å²) < 4.78 is 0. The summed E-state index contributed by atoms with van der Waals surface area (Å²) in [5.41, 5.74) is 0. The van der Waals surface area contributed by atoms with E-state index in [9.17, 15) is 0 Å². The van der Waals surface area contributed by atoms with Crippen molar-refractivity contribution in [1.82, 2.24) is 15.1 Å². The van der Waals surface area contributed by atoms with Crippen molar-refractivity contribution in [3.05, 3.63) is 30.5 Å². The summed E-state index contributed by atoms with van der Waals surface area (Å²) in [6.45, 7) is 1.02. The number of hydrogen-bond donors (Lipinski definition) is 1. The largest absolute Gasteiger partial charge is 0.368 e. The van der Waals surface area contributed by atoms with Gasteiger partial charge in [0.15, 0.2) is 5.82 Å². The zero-order valence-electron chi connectivity index (χ0n) is 12.5. The van der Waals surface area contributed by atoms with Gasteiger partial charge in [-0.15, -0.1) is 5.10 Å². The van der Waals surface area contributed by atoms with Crippen LogP contribution in [0.15, 0.2) is 30.5 Å². The summed E-state index contributed by atoms with van der Waals surface area (Å²) in [5.74, 6) is 1.69. The third kappa shape index (κ3) is 2.38. The molecule has 2 bridgehead atoms. The van der Waals surface area contributed by atoms with Gasteiger partial charge in [-0.3, -0.25) is 0 Å². The third-order valence-electron chi connectivity index (χ3n) is 5.32. The number of fused-ring (bicyclic) bond motifs is 3. The minimum absolute atomic E-state index is 0.763. The summed E-state index contributed by atoms with van der Waals surface area (Å²) in [5, 5.41) is 14.3. The van der Waals surface area contributed by atoms with Gasteiger partial charge in [-0.25, -0.2) is 0 Å². The molecule has 2 aliphatic heterocycles. The predicted molar refractivity (Wildman–Crippen MR) is 85.3 cm³/mol. The molecule has 0 saturated carbocycles. The standard InChI is InChI=1S/C17H22N4/c1-21-14-6-7-15(21)9-12(8-14)10-18-17-16-5-3-2-4-13(16)11-19-20-17/h2-5,11-12,14-15H,6-10H2,1H3,(H,18,20). The topological polar surface area (TPSA) is 41.0 Å². The van der Waals surface area contributed by atoms with Crippen LogP contribution in [0.4, 0.5) is 5.82 Å². The Kier molecular flexibility index (Phi) is 3.26. The maximum atomic E-state index is 4.29. The highest BCUT2D eigenvalue weighted by Crippen LogP contribution is 2.37. The van der Waals surface area contributed by atoms with E-state index in [1.165, 1.54) is 31.1 Å². The van der Waals surface area contributed by atoms with E-state index >= 15 is 0 Å². The van der Waals surface area contributed by atoms with Crippen molar-refractivity contribution in [3.63, 3.8) is 0 Å².